The Morgan fingerprint density at radius 3 is 2.91 bits per heavy atom. The molecule has 5 heteroatoms. The molecular weight excluding hydrogens is 288 g/mol. The van der Waals surface area contributed by atoms with Crippen molar-refractivity contribution in [1.29, 1.82) is 0 Å². The summed E-state index contributed by atoms with van der Waals surface area (Å²) in [5.74, 6) is 0.437. The minimum absolute atomic E-state index is 0.0640. The van der Waals surface area contributed by atoms with Gasteiger partial charge in [0.15, 0.2) is 0 Å². The lowest BCUT2D eigenvalue weighted by Crippen LogP contribution is -2.35. The Bertz CT molecular complexity index is 692. The maximum absolute atomic E-state index is 12.3. The van der Waals surface area contributed by atoms with Crippen molar-refractivity contribution in [2.24, 2.45) is 11.7 Å². The molecule has 3 unspecified atom stereocenters. The summed E-state index contributed by atoms with van der Waals surface area (Å²) in [5, 5.41) is 7.45. The van der Waals surface area contributed by atoms with Gasteiger partial charge in [-0.05, 0) is 37.3 Å². The molecule has 1 aromatic carbocycles. The van der Waals surface area contributed by atoms with Gasteiger partial charge in [0.25, 0.3) is 0 Å². The molecule has 1 aromatic heterocycles. The Kier molecular flexibility index (Phi) is 4.48. The van der Waals surface area contributed by atoms with E-state index in [4.69, 9.17) is 5.73 Å². The first-order valence-electron chi connectivity index (χ1n) is 8.25. The topological polar surface area (TPSA) is 72.9 Å². The van der Waals surface area contributed by atoms with Gasteiger partial charge in [-0.25, -0.2) is 4.68 Å². The summed E-state index contributed by atoms with van der Waals surface area (Å²) in [6, 6.07) is 10.3. The third kappa shape index (κ3) is 3.15. The predicted molar refractivity (Wildman–Crippen MR) is 91.2 cm³/mol. The molecule has 0 aliphatic heterocycles. The molecule has 3 atom stereocenters. The molecule has 0 spiro atoms. The third-order valence-corrected chi connectivity index (χ3v) is 4.76. The number of carbonyl (C=O) groups excluding carboxylic acids is 1. The fourth-order valence-electron chi connectivity index (χ4n) is 3.12. The lowest BCUT2D eigenvalue weighted by atomic mass is 9.88. The van der Waals surface area contributed by atoms with Gasteiger partial charge in [0.2, 0.25) is 5.91 Å². The standard InChI is InChI=1S/C18H24N4O/c1-12(13(2)19)18(23)21-17-10-11-20-22(17)16-9-5-7-14-6-3-4-8-15(14)16/h3-4,6,8,10-13,16H,5,7,9,19H2,1-2H3,(H,21,23). The molecule has 1 aliphatic rings. The van der Waals surface area contributed by atoms with Crippen LogP contribution in [0.4, 0.5) is 5.82 Å². The Balaban J connectivity index is 1.86. The van der Waals surface area contributed by atoms with Crippen molar-refractivity contribution in [1.82, 2.24) is 9.78 Å². The Labute approximate surface area is 136 Å². The number of benzene rings is 1. The monoisotopic (exact) mass is 312 g/mol. The normalized spacial score (nSPS) is 19.7. The number of nitrogens with zero attached hydrogens (tertiary/aromatic N) is 2. The van der Waals surface area contributed by atoms with E-state index >= 15 is 0 Å². The average molecular weight is 312 g/mol. The van der Waals surface area contributed by atoms with Crippen molar-refractivity contribution < 1.29 is 4.79 Å². The van der Waals surface area contributed by atoms with Crippen LogP contribution in [-0.2, 0) is 11.2 Å². The molecular formula is C18H24N4O. The van der Waals surface area contributed by atoms with Crippen LogP contribution in [0, 0.1) is 5.92 Å². The first-order valence-corrected chi connectivity index (χ1v) is 8.25. The third-order valence-electron chi connectivity index (χ3n) is 4.76. The molecule has 0 bridgehead atoms. The summed E-state index contributed by atoms with van der Waals surface area (Å²) in [7, 11) is 0. The van der Waals surface area contributed by atoms with Crippen LogP contribution < -0.4 is 11.1 Å². The number of nitrogens with one attached hydrogen (secondary N) is 1. The fraction of sp³-hybridized carbons (Fsp3) is 0.444. The maximum Gasteiger partial charge on any atom is 0.229 e. The molecule has 122 valence electrons. The van der Waals surface area contributed by atoms with E-state index < -0.39 is 0 Å². The van der Waals surface area contributed by atoms with Crippen molar-refractivity contribution in [2.75, 3.05) is 5.32 Å². The van der Waals surface area contributed by atoms with E-state index in [1.165, 1.54) is 11.1 Å². The molecule has 1 amide bonds. The first-order chi connectivity index (χ1) is 11.1. The summed E-state index contributed by atoms with van der Waals surface area (Å²) in [6.07, 6.45) is 5.01. The predicted octanol–water partition coefficient (Wildman–Crippen LogP) is 2.73. The van der Waals surface area contributed by atoms with Gasteiger partial charge in [-0.15, -0.1) is 0 Å². The zero-order valence-corrected chi connectivity index (χ0v) is 13.7. The van der Waals surface area contributed by atoms with Gasteiger partial charge in [0.05, 0.1) is 18.2 Å². The van der Waals surface area contributed by atoms with Gasteiger partial charge in [0, 0.05) is 12.1 Å². The van der Waals surface area contributed by atoms with Gasteiger partial charge in [0.1, 0.15) is 5.82 Å². The molecule has 1 heterocycles. The number of fused-ring (bicyclic) bond motifs is 1. The lowest BCUT2D eigenvalue weighted by molar-refractivity contribution is -0.119. The van der Waals surface area contributed by atoms with Crippen molar-refractivity contribution >= 4 is 11.7 Å². The molecule has 0 saturated carbocycles. The number of hydrogen-bond donors (Lipinski definition) is 2. The second-order valence-corrected chi connectivity index (χ2v) is 6.40. The van der Waals surface area contributed by atoms with Crippen LogP contribution in [0.5, 0.6) is 0 Å². The van der Waals surface area contributed by atoms with Crippen LogP contribution in [0.15, 0.2) is 36.5 Å². The van der Waals surface area contributed by atoms with E-state index in [1.807, 2.05) is 24.6 Å². The summed E-state index contributed by atoms with van der Waals surface area (Å²) in [4.78, 5) is 12.3. The minimum atomic E-state index is -0.239. The Morgan fingerprint density at radius 1 is 1.35 bits per heavy atom. The largest absolute Gasteiger partial charge is 0.327 e. The Hall–Kier alpha value is -2.14. The van der Waals surface area contributed by atoms with Crippen molar-refractivity contribution in [2.45, 2.75) is 45.2 Å². The number of hydrogen-bond acceptors (Lipinski definition) is 3. The van der Waals surface area contributed by atoms with Gasteiger partial charge < -0.3 is 11.1 Å². The van der Waals surface area contributed by atoms with Crippen LogP contribution in [0.3, 0.4) is 0 Å². The maximum atomic E-state index is 12.3. The van der Waals surface area contributed by atoms with Crippen LogP contribution >= 0.6 is 0 Å². The number of nitrogens with two attached hydrogens (primary N) is 1. The fourth-order valence-corrected chi connectivity index (χ4v) is 3.12. The van der Waals surface area contributed by atoms with Gasteiger partial charge in [-0.1, -0.05) is 31.2 Å². The molecule has 5 nitrogen and oxygen atoms in total. The van der Waals surface area contributed by atoms with Gasteiger partial charge >= 0.3 is 0 Å². The number of aryl methyl sites for hydroxylation is 1. The molecule has 0 fully saturated rings. The highest BCUT2D eigenvalue weighted by atomic mass is 16.2. The van der Waals surface area contributed by atoms with E-state index in [9.17, 15) is 4.79 Å². The van der Waals surface area contributed by atoms with E-state index in [-0.39, 0.29) is 23.9 Å². The lowest BCUT2D eigenvalue weighted by Gasteiger charge is -2.27. The molecule has 3 N–H and O–H groups in total. The van der Waals surface area contributed by atoms with E-state index in [2.05, 4.69) is 34.7 Å². The summed E-state index contributed by atoms with van der Waals surface area (Å²) in [6.45, 7) is 3.69. The van der Waals surface area contributed by atoms with Crippen molar-refractivity contribution in [3.05, 3.63) is 47.7 Å². The van der Waals surface area contributed by atoms with Crippen LogP contribution in [0.2, 0.25) is 0 Å². The van der Waals surface area contributed by atoms with E-state index in [0.717, 1.165) is 25.1 Å². The van der Waals surface area contributed by atoms with Crippen LogP contribution in [-0.4, -0.2) is 21.7 Å². The second-order valence-electron chi connectivity index (χ2n) is 6.40. The van der Waals surface area contributed by atoms with E-state index in [1.54, 1.807) is 6.20 Å². The van der Waals surface area contributed by atoms with E-state index in [0.29, 0.717) is 0 Å². The number of carbonyl (C=O) groups is 1. The molecule has 2 aromatic rings. The van der Waals surface area contributed by atoms with Crippen LogP contribution in [0.25, 0.3) is 0 Å². The molecule has 3 rings (SSSR count). The average Bonchev–Trinajstić information content (AvgIpc) is 3.01. The summed E-state index contributed by atoms with van der Waals surface area (Å²) in [5.41, 5.74) is 8.51. The zero-order chi connectivity index (χ0) is 16.4. The number of aromatic nitrogens is 2. The van der Waals surface area contributed by atoms with Crippen LogP contribution in [0.1, 0.15) is 43.9 Å². The summed E-state index contributed by atoms with van der Waals surface area (Å²) < 4.78 is 1.93. The smallest absolute Gasteiger partial charge is 0.229 e. The zero-order valence-electron chi connectivity index (χ0n) is 13.7. The first kappa shape index (κ1) is 15.7. The van der Waals surface area contributed by atoms with Crippen molar-refractivity contribution in [3.8, 4) is 0 Å². The highest BCUT2D eigenvalue weighted by Crippen LogP contribution is 2.34. The molecule has 1 aliphatic carbocycles. The summed E-state index contributed by atoms with van der Waals surface area (Å²) >= 11 is 0. The molecule has 0 radical (unpaired) electrons. The highest BCUT2D eigenvalue weighted by molar-refractivity contribution is 5.92. The SMILES string of the molecule is CC(N)C(C)C(=O)Nc1ccnn1C1CCCc2ccccc21. The second kappa shape index (κ2) is 6.54. The molecule has 23 heavy (non-hydrogen) atoms. The number of anilines is 1. The molecule has 0 saturated heterocycles. The van der Waals surface area contributed by atoms with Crippen molar-refractivity contribution in [3.63, 3.8) is 0 Å². The van der Waals surface area contributed by atoms with Gasteiger partial charge in [-0.2, -0.15) is 5.10 Å². The highest BCUT2D eigenvalue weighted by Gasteiger charge is 2.25. The minimum Gasteiger partial charge on any atom is -0.327 e. The van der Waals surface area contributed by atoms with Gasteiger partial charge in [-0.3, -0.25) is 4.79 Å². The Morgan fingerprint density at radius 2 is 2.13 bits per heavy atom. The quantitative estimate of drug-likeness (QED) is 0.911. The number of amides is 1. The number of rotatable bonds is 4.